The Kier molecular flexibility index (Phi) is 3.23. The number of hydrogen-bond acceptors (Lipinski definition) is 3. The van der Waals surface area contributed by atoms with Gasteiger partial charge in [0, 0.05) is 10.8 Å². The van der Waals surface area contributed by atoms with Gasteiger partial charge in [-0.1, -0.05) is 13.8 Å². The van der Waals surface area contributed by atoms with E-state index in [2.05, 4.69) is 25.8 Å². The molecular formula is C9H16N2S. The highest BCUT2D eigenvalue weighted by molar-refractivity contribution is 7.11. The van der Waals surface area contributed by atoms with Crippen LogP contribution in [0.2, 0.25) is 0 Å². The van der Waals surface area contributed by atoms with E-state index in [1.165, 1.54) is 9.88 Å². The van der Waals surface area contributed by atoms with Gasteiger partial charge in [0.05, 0.1) is 10.7 Å². The standard InChI is InChI=1S/C9H16N2S/c1-6(2)9-11-7(3)8(12-9)4-5-10/h6H,4-5,10H2,1-3H3. The van der Waals surface area contributed by atoms with Crippen LogP contribution in [0.5, 0.6) is 0 Å². The first-order valence-corrected chi connectivity index (χ1v) is 5.13. The summed E-state index contributed by atoms with van der Waals surface area (Å²) in [5.74, 6) is 0.542. The molecule has 0 amide bonds. The lowest BCUT2D eigenvalue weighted by Gasteiger charge is -1.95. The molecule has 0 unspecified atom stereocenters. The average Bonchev–Trinajstić information content (AvgIpc) is 2.34. The first-order valence-electron chi connectivity index (χ1n) is 4.31. The van der Waals surface area contributed by atoms with Crippen molar-refractivity contribution in [1.29, 1.82) is 0 Å². The molecule has 12 heavy (non-hydrogen) atoms. The molecule has 0 aliphatic carbocycles. The molecule has 68 valence electrons. The van der Waals surface area contributed by atoms with Gasteiger partial charge in [-0.25, -0.2) is 4.98 Å². The largest absolute Gasteiger partial charge is 0.330 e. The van der Waals surface area contributed by atoms with E-state index in [1.807, 2.05) is 0 Å². The Morgan fingerprint density at radius 2 is 2.17 bits per heavy atom. The van der Waals surface area contributed by atoms with Gasteiger partial charge in [-0.2, -0.15) is 0 Å². The van der Waals surface area contributed by atoms with Crippen LogP contribution in [0.25, 0.3) is 0 Å². The van der Waals surface area contributed by atoms with Crippen molar-refractivity contribution in [1.82, 2.24) is 4.98 Å². The summed E-state index contributed by atoms with van der Waals surface area (Å²) >= 11 is 1.80. The number of hydrogen-bond donors (Lipinski definition) is 1. The van der Waals surface area contributed by atoms with Crippen LogP contribution < -0.4 is 5.73 Å². The molecule has 2 nitrogen and oxygen atoms in total. The Labute approximate surface area is 77.8 Å². The number of nitrogens with zero attached hydrogens (tertiary/aromatic N) is 1. The van der Waals surface area contributed by atoms with E-state index in [0.717, 1.165) is 18.7 Å². The number of rotatable bonds is 3. The summed E-state index contributed by atoms with van der Waals surface area (Å²) in [6.07, 6.45) is 0.968. The molecular weight excluding hydrogens is 168 g/mol. The molecule has 0 spiro atoms. The number of aromatic nitrogens is 1. The summed E-state index contributed by atoms with van der Waals surface area (Å²) in [7, 11) is 0. The van der Waals surface area contributed by atoms with Gasteiger partial charge < -0.3 is 5.73 Å². The van der Waals surface area contributed by atoms with E-state index in [4.69, 9.17) is 5.73 Å². The molecule has 1 heterocycles. The van der Waals surface area contributed by atoms with Gasteiger partial charge in [0.1, 0.15) is 0 Å². The second kappa shape index (κ2) is 4.01. The van der Waals surface area contributed by atoms with Gasteiger partial charge in [-0.15, -0.1) is 11.3 Å². The van der Waals surface area contributed by atoms with Crippen LogP contribution in [0.3, 0.4) is 0 Å². The first kappa shape index (κ1) is 9.68. The lowest BCUT2D eigenvalue weighted by Crippen LogP contribution is -2.01. The highest BCUT2D eigenvalue weighted by Gasteiger charge is 2.08. The van der Waals surface area contributed by atoms with Gasteiger partial charge in [0.15, 0.2) is 0 Å². The normalized spacial score (nSPS) is 11.1. The van der Waals surface area contributed by atoms with Crippen molar-refractivity contribution in [3.05, 3.63) is 15.6 Å². The van der Waals surface area contributed by atoms with Crippen LogP contribution in [-0.2, 0) is 6.42 Å². The van der Waals surface area contributed by atoms with E-state index in [9.17, 15) is 0 Å². The number of thiazole rings is 1. The van der Waals surface area contributed by atoms with Crippen molar-refractivity contribution < 1.29 is 0 Å². The minimum atomic E-state index is 0.542. The van der Waals surface area contributed by atoms with Gasteiger partial charge in [0.2, 0.25) is 0 Å². The predicted molar refractivity (Wildman–Crippen MR) is 53.7 cm³/mol. The van der Waals surface area contributed by atoms with Crippen LogP contribution in [0.15, 0.2) is 0 Å². The SMILES string of the molecule is Cc1nc(C(C)C)sc1CCN. The van der Waals surface area contributed by atoms with Gasteiger partial charge in [-0.05, 0) is 19.9 Å². The monoisotopic (exact) mass is 184 g/mol. The smallest absolute Gasteiger partial charge is 0.0956 e. The molecule has 0 bridgehead atoms. The molecule has 0 saturated heterocycles. The van der Waals surface area contributed by atoms with Crippen molar-refractivity contribution in [3.8, 4) is 0 Å². The quantitative estimate of drug-likeness (QED) is 0.781. The van der Waals surface area contributed by atoms with Crippen LogP contribution >= 0.6 is 11.3 Å². The van der Waals surface area contributed by atoms with Gasteiger partial charge in [-0.3, -0.25) is 0 Å². The average molecular weight is 184 g/mol. The molecule has 0 radical (unpaired) electrons. The van der Waals surface area contributed by atoms with E-state index in [0.29, 0.717) is 5.92 Å². The molecule has 1 aromatic rings. The zero-order valence-electron chi connectivity index (χ0n) is 7.92. The lowest BCUT2D eigenvalue weighted by atomic mass is 10.2. The van der Waals surface area contributed by atoms with E-state index in [-0.39, 0.29) is 0 Å². The van der Waals surface area contributed by atoms with Crippen molar-refractivity contribution in [2.45, 2.75) is 33.1 Å². The Hall–Kier alpha value is -0.410. The minimum absolute atomic E-state index is 0.542. The van der Waals surface area contributed by atoms with Crippen molar-refractivity contribution >= 4 is 11.3 Å². The van der Waals surface area contributed by atoms with Crippen LogP contribution in [-0.4, -0.2) is 11.5 Å². The second-order valence-corrected chi connectivity index (χ2v) is 4.37. The summed E-state index contributed by atoms with van der Waals surface area (Å²) < 4.78 is 0. The number of nitrogens with two attached hydrogens (primary N) is 1. The van der Waals surface area contributed by atoms with Crippen LogP contribution in [0.4, 0.5) is 0 Å². The van der Waals surface area contributed by atoms with Crippen LogP contribution in [0.1, 0.15) is 35.3 Å². The van der Waals surface area contributed by atoms with Crippen molar-refractivity contribution in [3.63, 3.8) is 0 Å². The van der Waals surface area contributed by atoms with Crippen LogP contribution in [0, 0.1) is 6.92 Å². The zero-order chi connectivity index (χ0) is 9.14. The maximum Gasteiger partial charge on any atom is 0.0956 e. The second-order valence-electron chi connectivity index (χ2n) is 3.25. The van der Waals surface area contributed by atoms with E-state index in [1.54, 1.807) is 11.3 Å². The molecule has 0 aliphatic heterocycles. The van der Waals surface area contributed by atoms with Crippen molar-refractivity contribution in [2.75, 3.05) is 6.54 Å². The third-order valence-corrected chi connectivity index (χ3v) is 3.29. The molecule has 2 N–H and O–H groups in total. The third kappa shape index (κ3) is 2.05. The molecule has 0 aromatic carbocycles. The highest BCUT2D eigenvalue weighted by Crippen LogP contribution is 2.24. The summed E-state index contributed by atoms with van der Waals surface area (Å²) in [4.78, 5) is 5.84. The summed E-state index contributed by atoms with van der Waals surface area (Å²) in [5.41, 5.74) is 6.65. The summed E-state index contributed by atoms with van der Waals surface area (Å²) in [6.45, 7) is 7.13. The molecule has 0 aliphatic rings. The summed E-state index contributed by atoms with van der Waals surface area (Å²) in [6, 6.07) is 0. The maximum absolute atomic E-state index is 5.49. The molecule has 0 atom stereocenters. The Balaban J connectivity index is 2.85. The molecule has 0 saturated carbocycles. The Bertz CT molecular complexity index is 253. The lowest BCUT2D eigenvalue weighted by molar-refractivity contribution is 0.845. The van der Waals surface area contributed by atoms with E-state index < -0.39 is 0 Å². The highest BCUT2D eigenvalue weighted by atomic mass is 32.1. The predicted octanol–water partition coefficient (Wildman–Crippen LogP) is 2.08. The van der Waals surface area contributed by atoms with Crippen molar-refractivity contribution in [2.24, 2.45) is 5.73 Å². The summed E-state index contributed by atoms with van der Waals surface area (Å²) in [5, 5.41) is 1.23. The fourth-order valence-corrected chi connectivity index (χ4v) is 2.14. The Morgan fingerprint density at radius 3 is 2.58 bits per heavy atom. The van der Waals surface area contributed by atoms with Gasteiger partial charge in [0.25, 0.3) is 0 Å². The molecule has 1 aromatic heterocycles. The molecule has 0 fully saturated rings. The minimum Gasteiger partial charge on any atom is -0.330 e. The molecule has 1 rings (SSSR count). The third-order valence-electron chi connectivity index (χ3n) is 1.77. The molecule has 3 heteroatoms. The Morgan fingerprint density at radius 1 is 1.50 bits per heavy atom. The number of aryl methyl sites for hydroxylation is 1. The van der Waals surface area contributed by atoms with E-state index >= 15 is 0 Å². The maximum atomic E-state index is 5.49. The fraction of sp³-hybridized carbons (Fsp3) is 0.667. The van der Waals surface area contributed by atoms with Gasteiger partial charge >= 0.3 is 0 Å². The fourth-order valence-electron chi connectivity index (χ4n) is 1.06. The first-order chi connectivity index (χ1) is 5.65. The zero-order valence-corrected chi connectivity index (χ0v) is 8.74. The topological polar surface area (TPSA) is 38.9 Å².